The van der Waals surface area contributed by atoms with E-state index >= 15 is 0 Å². The first-order valence-corrected chi connectivity index (χ1v) is 32.8. The molecule has 0 bridgehead atoms. The van der Waals surface area contributed by atoms with Gasteiger partial charge in [-0.15, -0.1) is 0 Å². The first-order valence-electron chi connectivity index (χ1n) is 32.8. The number of nitrogens with zero attached hydrogens (tertiary/aromatic N) is 1. The third-order valence-corrected chi connectivity index (χ3v) is 18.1. The van der Waals surface area contributed by atoms with Crippen molar-refractivity contribution < 1.29 is 97.9 Å². The Morgan fingerprint density at radius 1 is 0.477 bits per heavy atom. The molecule has 21 nitrogen and oxygen atoms in total. The van der Waals surface area contributed by atoms with Crippen LogP contribution in [0.15, 0.2) is 0 Å². The number of rotatable bonds is 34. The highest BCUT2D eigenvalue weighted by Gasteiger charge is 2.51. The largest absolute Gasteiger partial charge is 0.463 e. The van der Waals surface area contributed by atoms with Crippen molar-refractivity contribution in [1.82, 2.24) is 4.90 Å². The summed E-state index contributed by atoms with van der Waals surface area (Å²) in [6.07, 6.45) is -4.06. The number of hydrogen-bond acceptors (Lipinski definition) is 21. The zero-order chi connectivity index (χ0) is 65.5. The Balaban J connectivity index is 0.000000755. The van der Waals surface area contributed by atoms with Crippen LogP contribution in [0.5, 0.6) is 0 Å². The van der Waals surface area contributed by atoms with Crippen molar-refractivity contribution in [2.24, 2.45) is 29.6 Å². The lowest BCUT2D eigenvalue weighted by molar-refractivity contribution is -0.341. The van der Waals surface area contributed by atoms with Crippen molar-refractivity contribution in [3.8, 4) is 0 Å². The van der Waals surface area contributed by atoms with E-state index in [1.165, 1.54) is 45.8 Å². The number of Topliss-reactive ketones (excluding diaryl/α,β-unsaturated/α-hetero) is 2. The van der Waals surface area contributed by atoms with Gasteiger partial charge in [-0.1, -0.05) is 115 Å². The van der Waals surface area contributed by atoms with Crippen LogP contribution in [0, 0.1) is 29.6 Å². The van der Waals surface area contributed by atoms with Crippen LogP contribution in [0.25, 0.3) is 0 Å². The molecule has 0 aromatic rings. The fraction of sp³-hybridized carbons (Fsp3) is 0.954. The molecule has 4 heterocycles. The fourth-order valence-electron chi connectivity index (χ4n) is 11.4. The molecule has 4 aliphatic heterocycles. The van der Waals surface area contributed by atoms with Gasteiger partial charge in [-0.3, -0.25) is 14.4 Å². The van der Waals surface area contributed by atoms with Gasteiger partial charge in [-0.25, -0.2) is 0 Å². The summed E-state index contributed by atoms with van der Waals surface area (Å²) < 4.78 is 53.6. The van der Waals surface area contributed by atoms with Crippen LogP contribution < -0.4 is 0 Å². The predicted octanol–water partition coefficient (Wildman–Crippen LogP) is 6.86. The lowest BCUT2D eigenvalue weighted by Gasteiger charge is -2.49. The second kappa shape index (κ2) is 43.0. The molecule has 21 heteroatoms. The zero-order valence-electron chi connectivity index (χ0n) is 56.2. The summed E-state index contributed by atoms with van der Waals surface area (Å²) in [5.74, 6) is 0.965. The average molecular weight is 1240 g/mol. The monoisotopic (exact) mass is 1240 g/mol. The Labute approximate surface area is 518 Å². The standard InChI is InChI=1S/C33H60O7.C25H46O12.C6H15N.CH4O/c1-11-13-14-15-18-37-33(9,10)17-16-27(35)19-29-23(5)24(6)31(30(38-29)20-36-26(8)34)40-32-25(7)21(3)22(4)28(12-2)39-32;1-4-5-6-7-10-34-25(2,3)9-8-14(28)11-15-18(29)21(32)23(17(13-27)35-15)37-24-22(33)20(31)19(30)16(12-26)36-24;1-4-7(5-2)6-3;1-2/h21-25,28-32H,11-20H2,1-10H3;15-24,26-27,29-33H,4-13H2,1-3H3;4-6H2,1-3H3;2H,1H3. The number of unbranched alkanes of at least 4 members (excludes halogenated alkanes) is 6. The molecule has 0 amide bonds. The molecule has 0 spiro atoms. The summed E-state index contributed by atoms with van der Waals surface area (Å²) in [4.78, 5) is 39.8. The fourth-order valence-corrected chi connectivity index (χ4v) is 11.4. The van der Waals surface area contributed by atoms with Crippen molar-refractivity contribution in [2.75, 3.05) is 59.8 Å². The van der Waals surface area contributed by atoms with Gasteiger partial charge in [0.15, 0.2) is 12.6 Å². The van der Waals surface area contributed by atoms with Gasteiger partial charge < -0.3 is 88.4 Å². The minimum absolute atomic E-state index is 0.0977. The van der Waals surface area contributed by atoms with Gasteiger partial charge in [0, 0.05) is 58.8 Å². The summed E-state index contributed by atoms with van der Waals surface area (Å²) in [5.41, 5.74) is -0.821. The molecule has 4 aliphatic rings. The van der Waals surface area contributed by atoms with Crippen molar-refractivity contribution in [3.63, 3.8) is 0 Å². The number of ketones is 2. The lowest BCUT2D eigenvalue weighted by Crippen LogP contribution is -2.64. The van der Waals surface area contributed by atoms with Crippen LogP contribution in [0.4, 0.5) is 0 Å². The third kappa shape index (κ3) is 27.9. The second-order valence-corrected chi connectivity index (χ2v) is 25.5. The summed E-state index contributed by atoms with van der Waals surface area (Å²) in [6.45, 7) is 37.1. The van der Waals surface area contributed by atoms with E-state index in [1.807, 2.05) is 13.8 Å². The number of hydrogen-bond donors (Lipinski definition) is 8. The van der Waals surface area contributed by atoms with Gasteiger partial charge in [0.2, 0.25) is 0 Å². The molecule has 20 atom stereocenters. The highest BCUT2D eigenvalue weighted by Crippen LogP contribution is 2.41. The molecule has 510 valence electrons. The summed E-state index contributed by atoms with van der Waals surface area (Å²) >= 11 is 0. The first-order chi connectivity index (χ1) is 40.6. The van der Waals surface area contributed by atoms with Crippen LogP contribution in [0.2, 0.25) is 0 Å². The average Bonchev–Trinajstić information content (AvgIpc) is 1.40. The highest BCUT2D eigenvalue weighted by molar-refractivity contribution is 5.79. The first kappa shape index (κ1) is 82.1. The van der Waals surface area contributed by atoms with Gasteiger partial charge >= 0.3 is 5.97 Å². The molecule has 0 aromatic heterocycles. The Kier molecular flexibility index (Phi) is 41.1. The molecule has 0 radical (unpaired) electrons. The van der Waals surface area contributed by atoms with E-state index in [-0.39, 0.29) is 84.9 Å². The smallest absolute Gasteiger partial charge is 0.302 e. The van der Waals surface area contributed by atoms with Gasteiger partial charge in [-0.2, -0.15) is 0 Å². The summed E-state index contributed by atoms with van der Waals surface area (Å²) in [6, 6.07) is 0. The predicted molar refractivity (Wildman–Crippen MR) is 329 cm³/mol. The Morgan fingerprint density at radius 2 is 0.930 bits per heavy atom. The number of aliphatic hydroxyl groups excluding tert-OH is 8. The van der Waals surface area contributed by atoms with Crippen LogP contribution in [0.3, 0.4) is 0 Å². The van der Waals surface area contributed by atoms with Crippen molar-refractivity contribution in [2.45, 2.75) is 310 Å². The van der Waals surface area contributed by atoms with Gasteiger partial charge in [0.1, 0.15) is 73.1 Å². The maximum Gasteiger partial charge on any atom is 0.302 e. The normalized spacial score (nSPS) is 33.1. The topological polar surface area (TPSA) is 299 Å². The second-order valence-electron chi connectivity index (χ2n) is 25.5. The molecular formula is C65H125NO20. The lowest BCUT2D eigenvalue weighted by atomic mass is 9.77. The molecular weight excluding hydrogens is 1110 g/mol. The molecule has 8 N–H and O–H groups in total. The minimum atomic E-state index is -1.74. The number of carbonyl (C=O) groups excluding carboxylic acids is 3. The van der Waals surface area contributed by atoms with Crippen molar-refractivity contribution in [1.29, 1.82) is 0 Å². The van der Waals surface area contributed by atoms with E-state index in [4.69, 9.17) is 47.7 Å². The van der Waals surface area contributed by atoms with E-state index in [0.29, 0.717) is 44.1 Å². The minimum Gasteiger partial charge on any atom is -0.463 e. The summed E-state index contributed by atoms with van der Waals surface area (Å²) in [5, 5.41) is 77.6. The Bertz CT molecular complexity index is 1780. The SMILES string of the molecule is CCCCCCOC(C)(C)CCC(=O)CC1OC(CO)C(OC2OC(CO)C(O)C(O)C2O)C(O)C1O.CCCCCCOC(C)(C)CCC(=O)CC1OC(COC(C)=O)C(OC2OC(CC)C(C)C(C)C2C)C(C)C1C.CCN(CC)CC.CO. The number of esters is 1. The van der Waals surface area contributed by atoms with E-state index < -0.39 is 86.1 Å². The quantitative estimate of drug-likeness (QED) is 0.0241. The Hall–Kier alpha value is -1.87. The van der Waals surface area contributed by atoms with E-state index in [9.17, 15) is 50.1 Å². The molecule has 0 aliphatic carbocycles. The molecule has 0 saturated carbocycles. The third-order valence-electron chi connectivity index (χ3n) is 18.1. The van der Waals surface area contributed by atoms with E-state index in [2.05, 4.69) is 94.9 Å². The molecule has 4 fully saturated rings. The molecule has 20 unspecified atom stereocenters. The highest BCUT2D eigenvalue weighted by atomic mass is 16.7. The maximum absolute atomic E-state index is 13.1. The van der Waals surface area contributed by atoms with Crippen molar-refractivity contribution >= 4 is 17.5 Å². The molecule has 4 saturated heterocycles. The van der Waals surface area contributed by atoms with Crippen LogP contribution >= 0.6 is 0 Å². The number of carbonyl (C=O) groups is 3. The maximum atomic E-state index is 13.1. The number of aliphatic hydroxyl groups is 8. The van der Waals surface area contributed by atoms with Gasteiger partial charge in [0.25, 0.3) is 0 Å². The van der Waals surface area contributed by atoms with Gasteiger partial charge in [-0.05, 0) is 103 Å². The van der Waals surface area contributed by atoms with Gasteiger partial charge in [0.05, 0.1) is 48.8 Å². The zero-order valence-corrected chi connectivity index (χ0v) is 56.2. The molecule has 86 heavy (non-hydrogen) atoms. The molecule has 0 aromatic carbocycles. The summed E-state index contributed by atoms with van der Waals surface area (Å²) in [7, 11) is 1.00. The van der Waals surface area contributed by atoms with Crippen molar-refractivity contribution in [3.05, 3.63) is 0 Å². The Morgan fingerprint density at radius 3 is 1.38 bits per heavy atom. The molecule has 4 rings (SSSR count). The number of ether oxygens (including phenoxy) is 9. The van der Waals surface area contributed by atoms with E-state index in [0.717, 1.165) is 52.2 Å². The van der Waals surface area contributed by atoms with E-state index in [1.54, 1.807) is 0 Å². The van der Waals surface area contributed by atoms with Crippen LogP contribution in [-0.2, 0) is 57.0 Å². The van der Waals surface area contributed by atoms with Crippen LogP contribution in [-0.4, -0.2) is 226 Å². The van der Waals surface area contributed by atoms with Crippen LogP contribution in [0.1, 0.15) is 207 Å².